The summed E-state index contributed by atoms with van der Waals surface area (Å²) in [6, 6.07) is 18.1. The summed E-state index contributed by atoms with van der Waals surface area (Å²) in [6.45, 7) is 1.19. The minimum atomic E-state index is -0.242. The third-order valence-corrected chi connectivity index (χ3v) is 4.26. The van der Waals surface area contributed by atoms with Crippen molar-refractivity contribution in [1.82, 2.24) is 4.90 Å². The number of hydrogen-bond donors (Lipinski definition) is 0. The predicted octanol–water partition coefficient (Wildman–Crippen LogP) is 4.28. The van der Waals surface area contributed by atoms with E-state index in [4.69, 9.17) is 4.74 Å². The van der Waals surface area contributed by atoms with E-state index in [2.05, 4.69) is 40.2 Å². The lowest BCUT2D eigenvalue weighted by molar-refractivity contribution is 0.132. The Balaban J connectivity index is 1.67. The molecule has 0 radical (unpaired) electrons. The van der Waals surface area contributed by atoms with Crippen molar-refractivity contribution in [3.63, 3.8) is 0 Å². The lowest BCUT2D eigenvalue weighted by Crippen LogP contribution is -2.23. The highest BCUT2D eigenvalue weighted by atomic mass is 79.9. The van der Waals surface area contributed by atoms with Gasteiger partial charge in [0.2, 0.25) is 0 Å². The van der Waals surface area contributed by atoms with E-state index < -0.39 is 0 Å². The average molecular weight is 346 g/mol. The Kier molecular flexibility index (Phi) is 4.25. The first-order chi connectivity index (χ1) is 10.3. The van der Waals surface area contributed by atoms with Gasteiger partial charge in [-0.3, -0.25) is 4.90 Å². The van der Waals surface area contributed by atoms with Crippen molar-refractivity contribution in [2.24, 2.45) is 0 Å². The number of alkyl halides is 1. The second-order valence-electron chi connectivity index (χ2n) is 5.11. The number of carbonyl (C=O) groups is 1. The summed E-state index contributed by atoms with van der Waals surface area (Å²) in [7, 11) is 0. The van der Waals surface area contributed by atoms with E-state index >= 15 is 0 Å². The molecule has 108 valence electrons. The van der Waals surface area contributed by atoms with Crippen LogP contribution in [0.15, 0.2) is 54.6 Å². The summed E-state index contributed by atoms with van der Waals surface area (Å²) in [6.07, 6.45) is -0.408. The van der Waals surface area contributed by atoms with Gasteiger partial charge in [0.05, 0.1) is 6.54 Å². The van der Waals surface area contributed by atoms with Crippen molar-refractivity contribution in [2.75, 3.05) is 6.54 Å². The van der Waals surface area contributed by atoms with Crippen molar-refractivity contribution in [2.45, 2.75) is 18.0 Å². The molecule has 1 amide bonds. The zero-order valence-electron chi connectivity index (χ0n) is 11.5. The molecule has 0 unspecified atom stereocenters. The van der Waals surface area contributed by atoms with Crippen LogP contribution in [-0.2, 0) is 16.6 Å². The normalized spacial score (nSPS) is 17.9. The maximum atomic E-state index is 12.0. The first-order valence-electron chi connectivity index (χ1n) is 6.90. The molecule has 0 N–H and O–H groups in total. The highest BCUT2D eigenvalue weighted by Gasteiger charge is 2.31. The van der Waals surface area contributed by atoms with E-state index in [1.165, 1.54) is 5.56 Å². The molecule has 21 heavy (non-hydrogen) atoms. The van der Waals surface area contributed by atoms with Gasteiger partial charge in [-0.25, -0.2) is 4.79 Å². The Hall–Kier alpha value is -1.81. The molecule has 2 aromatic carbocycles. The summed E-state index contributed by atoms with van der Waals surface area (Å²) < 4.78 is 5.46. The standard InChI is InChI=1S/C17H16BrNO2/c18-10-13-6-8-14(9-7-13)11-19-12-16(21-17(19)20)15-4-2-1-3-5-15/h1-9,16H,10-12H2/t16-/m0/s1. The predicted molar refractivity (Wildman–Crippen MR) is 85.1 cm³/mol. The molecule has 0 spiro atoms. The second kappa shape index (κ2) is 6.31. The van der Waals surface area contributed by atoms with E-state index in [9.17, 15) is 4.79 Å². The lowest BCUT2D eigenvalue weighted by Gasteiger charge is -2.13. The van der Waals surface area contributed by atoms with Crippen LogP contribution in [0.5, 0.6) is 0 Å². The number of amides is 1. The van der Waals surface area contributed by atoms with Gasteiger partial charge in [-0.1, -0.05) is 70.5 Å². The van der Waals surface area contributed by atoms with Crippen LogP contribution in [-0.4, -0.2) is 17.5 Å². The third kappa shape index (κ3) is 3.27. The van der Waals surface area contributed by atoms with E-state index in [0.717, 1.165) is 16.5 Å². The molecular weight excluding hydrogens is 330 g/mol. The molecular formula is C17H16BrNO2. The minimum absolute atomic E-state index is 0.166. The zero-order valence-corrected chi connectivity index (χ0v) is 13.1. The van der Waals surface area contributed by atoms with Crippen LogP contribution in [0.1, 0.15) is 22.8 Å². The number of nitrogens with zero attached hydrogens (tertiary/aromatic N) is 1. The van der Waals surface area contributed by atoms with Gasteiger partial charge in [0.1, 0.15) is 6.10 Å². The molecule has 0 bridgehead atoms. The molecule has 2 aromatic rings. The second-order valence-corrected chi connectivity index (χ2v) is 5.67. The highest BCUT2D eigenvalue weighted by Crippen LogP contribution is 2.27. The summed E-state index contributed by atoms with van der Waals surface area (Å²) in [5.41, 5.74) is 3.39. The van der Waals surface area contributed by atoms with Crippen LogP contribution >= 0.6 is 15.9 Å². The Morgan fingerprint density at radius 3 is 2.38 bits per heavy atom. The summed E-state index contributed by atoms with van der Waals surface area (Å²) in [5.74, 6) is 0. The Bertz CT molecular complexity index is 612. The summed E-state index contributed by atoms with van der Waals surface area (Å²) >= 11 is 3.43. The first kappa shape index (κ1) is 14.1. The largest absolute Gasteiger partial charge is 0.439 e. The monoisotopic (exact) mass is 345 g/mol. The average Bonchev–Trinajstić information content (AvgIpc) is 2.90. The van der Waals surface area contributed by atoms with Gasteiger partial charge in [-0.15, -0.1) is 0 Å². The maximum Gasteiger partial charge on any atom is 0.410 e. The fraction of sp³-hybridized carbons (Fsp3) is 0.235. The van der Waals surface area contributed by atoms with Crippen molar-refractivity contribution in [3.05, 3.63) is 71.3 Å². The molecule has 1 aliphatic rings. The minimum Gasteiger partial charge on any atom is -0.439 e. The van der Waals surface area contributed by atoms with Crippen molar-refractivity contribution < 1.29 is 9.53 Å². The van der Waals surface area contributed by atoms with E-state index in [-0.39, 0.29) is 12.2 Å². The Labute approximate surface area is 132 Å². The number of rotatable bonds is 4. The van der Waals surface area contributed by atoms with Gasteiger partial charge in [0.15, 0.2) is 0 Å². The highest BCUT2D eigenvalue weighted by molar-refractivity contribution is 9.08. The SMILES string of the molecule is O=C1O[C@H](c2ccccc2)CN1Cc1ccc(CBr)cc1. The van der Waals surface area contributed by atoms with Crippen molar-refractivity contribution >= 4 is 22.0 Å². The van der Waals surface area contributed by atoms with Crippen LogP contribution in [0.25, 0.3) is 0 Å². The molecule has 1 heterocycles. The fourth-order valence-electron chi connectivity index (χ4n) is 2.43. The van der Waals surface area contributed by atoms with Gasteiger partial charge in [0.25, 0.3) is 0 Å². The van der Waals surface area contributed by atoms with Gasteiger partial charge in [-0.2, -0.15) is 0 Å². The molecule has 0 aliphatic carbocycles. The Morgan fingerprint density at radius 2 is 1.71 bits per heavy atom. The molecule has 1 aliphatic heterocycles. The number of benzene rings is 2. The molecule has 3 nitrogen and oxygen atoms in total. The fourth-order valence-corrected chi connectivity index (χ4v) is 2.81. The van der Waals surface area contributed by atoms with Crippen LogP contribution in [0.3, 0.4) is 0 Å². The molecule has 3 rings (SSSR count). The maximum absolute atomic E-state index is 12.0. The van der Waals surface area contributed by atoms with Crippen molar-refractivity contribution in [3.8, 4) is 0 Å². The first-order valence-corrected chi connectivity index (χ1v) is 8.02. The van der Waals surface area contributed by atoms with Gasteiger partial charge in [0, 0.05) is 11.9 Å². The number of ether oxygens (including phenoxy) is 1. The zero-order chi connectivity index (χ0) is 14.7. The van der Waals surface area contributed by atoms with Crippen LogP contribution in [0.2, 0.25) is 0 Å². The molecule has 0 aromatic heterocycles. The molecule has 1 atom stereocenters. The topological polar surface area (TPSA) is 29.5 Å². The quantitative estimate of drug-likeness (QED) is 0.774. The van der Waals surface area contributed by atoms with Crippen LogP contribution in [0, 0.1) is 0 Å². The molecule has 0 saturated carbocycles. The van der Waals surface area contributed by atoms with Crippen molar-refractivity contribution in [1.29, 1.82) is 0 Å². The Morgan fingerprint density at radius 1 is 1.05 bits per heavy atom. The van der Waals surface area contributed by atoms with Crippen LogP contribution in [0.4, 0.5) is 4.79 Å². The summed E-state index contributed by atoms with van der Waals surface area (Å²) in [4.78, 5) is 13.7. The number of cyclic esters (lactones) is 1. The van der Waals surface area contributed by atoms with Gasteiger partial charge < -0.3 is 4.74 Å². The number of halogens is 1. The van der Waals surface area contributed by atoms with E-state index in [1.807, 2.05) is 30.3 Å². The summed E-state index contributed by atoms with van der Waals surface area (Å²) in [5, 5.41) is 0.842. The third-order valence-electron chi connectivity index (χ3n) is 3.61. The van der Waals surface area contributed by atoms with Crippen LogP contribution < -0.4 is 0 Å². The van der Waals surface area contributed by atoms with Gasteiger partial charge in [-0.05, 0) is 16.7 Å². The van der Waals surface area contributed by atoms with E-state index in [0.29, 0.717) is 13.1 Å². The van der Waals surface area contributed by atoms with E-state index in [1.54, 1.807) is 4.90 Å². The molecule has 1 saturated heterocycles. The number of carbonyl (C=O) groups excluding carboxylic acids is 1. The smallest absolute Gasteiger partial charge is 0.410 e. The molecule has 4 heteroatoms. The lowest BCUT2D eigenvalue weighted by atomic mass is 10.1. The number of hydrogen-bond acceptors (Lipinski definition) is 2. The molecule has 1 fully saturated rings. The van der Waals surface area contributed by atoms with Gasteiger partial charge >= 0.3 is 6.09 Å².